The van der Waals surface area contributed by atoms with Crippen LogP contribution in [0.5, 0.6) is 0 Å². The number of carbonyl (C=O) groups is 1. The summed E-state index contributed by atoms with van der Waals surface area (Å²) in [6.07, 6.45) is 3.94. The molecule has 1 aromatic carbocycles. The molecule has 6 heteroatoms. The zero-order chi connectivity index (χ0) is 19.3. The van der Waals surface area contributed by atoms with E-state index in [1.165, 1.54) is 12.0 Å². The van der Waals surface area contributed by atoms with Crippen LogP contribution in [0.2, 0.25) is 0 Å². The number of likely N-dealkylation sites (tertiary alicyclic amines) is 1. The van der Waals surface area contributed by atoms with Crippen molar-refractivity contribution < 1.29 is 4.79 Å². The van der Waals surface area contributed by atoms with Gasteiger partial charge in [-0.05, 0) is 31.9 Å². The van der Waals surface area contributed by atoms with Crippen LogP contribution in [0.15, 0.2) is 29.6 Å². The fourth-order valence-electron chi connectivity index (χ4n) is 3.95. The first-order chi connectivity index (χ1) is 13.7. The van der Waals surface area contributed by atoms with Gasteiger partial charge < -0.3 is 9.80 Å². The minimum Gasteiger partial charge on any atom is -0.342 e. The summed E-state index contributed by atoms with van der Waals surface area (Å²) < 4.78 is 0. The van der Waals surface area contributed by atoms with Crippen LogP contribution in [0.1, 0.15) is 30.5 Å². The molecule has 0 saturated carbocycles. The van der Waals surface area contributed by atoms with Crippen molar-refractivity contribution in [2.75, 3.05) is 46.3 Å². The van der Waals surface area contributed by atoms with Gasteiger partial charge in [0.05, 0.1) is 12.1 Å². The highest BCUT2D eigenvalue weighted by Gasteiger charge is 2.18. The highest BCUT2D eigenvalue weighted by atomic mass is 32.1. The van der Waals surface area contributed by atoms with Crippen LogP contribution >= 0.6 is 11.3 Å². The maximum atomic E-state index is 12.5. The number of benzene rings is 1. The fourth-order valence-corrected chi connectivity index (χ4v) is 4.77. The van der Waals surface area contributed by atoms with Crippen LogP contribution in [-0.2, 0) is 17.8 Å². The van der Waals surface area contributed by atoms with Crippen LogP contribution in [0, 0.1) is 0 Å². The molecule has 5 nitrogen and oxygen atoms in total. The summed E-state index contributed by atoms with van der Waals surface area (Å²) >= 11 is 1.64. The molecule has 0 aliphatic carbocycles. The van der Waals surface area contributed by atoms with E-state index in [1.54, 1.807) is 11.3 Å². The number of hydrogen-bond acceptors (Lipinski definition) is 5. The summed E-state index contributed by atoms with van der Waals surface area (Å²) in [5.74, 6) is 0.221. The van der Waals surface area contributed by atoms with Crippen molar-refractivity contribution in [1.29, 1.82) is 0 Å². The number of thiazole rings is 1. The third-order valence-electron chi connectivity index (χ3n) is 5.80. The van der Waals surface area contributed by atoms with Crippen LogP contribution in [0.25, 0.3) is 10.6 Å². The molecule has 0 bridgehead atoms. The van der Waals surface area contributed by atoms with E-state index in [4.69, 9.17) is 4.98 Å². The molecule has 2 aliphatic rings. The highest BCUT2D eigenvalue weighted by molar-refractivity contribution is 7.13. The smallest absolute Gasteiger partial charge is 0.228 e. The lowest BCUT2D eigenvalue weighted by Crippen LogP contribution is -2.43. The van der Waals surface area contributed by atoms with E-state index in [1.807, 2.05) is 10.3 Å². The molecule has 2 fully saturated rings. The maximum Gasteiger partial charge on any atom is 0.228 e. The van der Waals surface area contributed by atoms with Gasteiger partial charge in [0.25, 0.3) is 0 Å². The number of aromatic nitrogens is 1. The van der Waals surface area contributed by atoms with E-state index in [0.29, 0.717) is 6.42 Å². The maximum absolute atomic E-state index is 12.5. The minimum absolute atomic E-state index is 0.221. The number of piperazine rings is 1. The van der Waals surface area contributed by atoms with Gasteiger partial charge in [0.1, 0.15) is 5.01 Å². The Labute approximate surface area is 172 Å². The summed E-state index contributed by atoms with van der Waals surface area (Å²) in [6.45, 7) is 7.40. The van der Waals surface area contributed by atoms with Crippen molar-refractivity contribution in [3.63, 3.8) is 0 Å². The second-order valence-corrected chi connectivity index (χ2v) is 8.90. The topological polar surface area (TPSA) is 39.7 Å². The largest absolute Gasteiger partial charge is 0.342 e. The molecule has 0 radical (unpaired) electrons. The zero-order valence-electron chi connectivity index (χ0n) is 16.8. The number of hydrogen-bond donors (Lipinski definition) is 0. The van der Waals surface area contributed by atoms with Gasteiger partial charge in [0, 0.05) is 56.8 Å². The Morgan fingerprint density at radius 2 is 1.71 bits per heavy atom. The van der Waals surface area contributed by atoms with E-state index in [9.17, 15) is 4.79 Å². The lowest BCUT2D eigenvalue weighted by Gasteiger charge is -2.32. The second-order valence-electron chi connectivity index (χ2n) is 8.04. The van der Waals surface area contributed by atoms with Gasteiger partial charge in [-0.15, -0.1) is 11.3 Å². The molecule has 2 saturated heterocycles. The first-order valence-corrected chi connectivity index (χ1v) is 11.3. The molecule has 28 heavy (non-hydrogen) atoms. The Kier molecular flexibility index (Phi) is 6.40. The molecule has 1 aromatic heterocycles. The summed E-state index contributed by atoms with van der Waals surface area (Å²) in [5, 5.41) is 3.04. The van der Waals surface area contributed by atoms with Crippen molar-refractivity contribution in [3.8, 4) is 10.6 Å². The Hall–Kier alpha value is -1.76. The molecule has 0 atom stereocenters. The van der Waals surface area contributed by atoms with Gasteiger partial charge in [-0.3, -0.25) is 9.69 Å². The number of rotatable bonds is 5. The van der Waals surface area contributed by atoms with E-state index >= 15 is 0 Å². The number of nitrogens with zero attached hydrogens (tertiary/aromatic N) is 4. The quantitative estimate of drug-likeness (QED) is 0.776. The normalized spacial score (nSPS) is 19.1. The summed E-state index contributed by atoms with van der Waals surface area (Å²) in [7, 11) is 2.19. The molecule has 150 valence electrons. The molecule has 0 unspecified atom stereocenters. The van der Waals surface area contributed by atoms with Gasteiger partial charge in [0.15, 0.2) is 0 Å². The van der Waals surface area contributed by atoms with E-state index < -0.39 is 0 Å². The fraction of sp³-hybridized carbons (Fsp3) is 0.545. The number of piperidine rings is 1. The average molecular weight is 399 g/mol. The first-order valence-electron chi connectivity index (χ1n) is 10.4. The average Bonchev–Trinajstić information content (AvgIpc) is 3.19. The summed E-state index contributed by atoms with van der Waals surface area (Å²) in [6, 6.07) is 8.77. The van der Waals surface area contributed by atoms with Gasteiger partial charge >= 0.3 is 0 Å². The van der Waals surface area contributed by atoms with Crippen molar-refractivity contribution in [2.45, 2.75) is 32.2 Å². The minimum atomic E-state index is 0.221. The molecular weight excluding hydrogens is 368 g/mol. The van der Waals surface area contributed by atoms with Crippen LogP contribution in [-0.4, -0.2) is 71.9 Å². The lowest BCUT2D eigenvalue weighted by atomic mass is 10.1. The predicted octanol–water partition coefficient (Wildman–Crippen LogP) is 3.11. The SMILES string of the molecule is CN1CCN(Cc2ccc(-c3nc(CC(=O)N4CCCCC4)cs3)cc2)CC1. The van der Waals surface area contributed by atoms with Crippen LogP contribution in [0.3, 0.4) is 0 Å². The van der Waals surface area contributed by atoms with Crippen LogP contribution < -0.4 is 0 Å². The Bertz CT molecular complexity index is 774. The van der Waals surface area contributed by atoms with Gasteiger partial charge in [-0.25, -0.2) is 4.98 Å². The third kappa shape index (κ3) is 4.99. The van der Waals surface area contributed by atoms with Gasteiger partial charge in [-0.1, -0.05) is 24.3 Å². The molecule has 3 heterocycles. The zero-order valence-corrected chi connectivity index (χ0v) is 17.6. The van der Waals surface area contributed by atoms with E-state index in [-0.39, 0.29) is 5.91 Å². The van der Waals surface area contributed by atoms with E-state index in [0.717, 1.165) is 74.9 Å². The Balaban J connectivity index is 1.33. The third-order valence-corrected chi connectivity index (χ3v) is 6.74. The van der Waals surface area contributed by atoms with Gasteiger partial charge in [0.2, 0.25) is 5.91 Å². The summed E-state index contributed by atoms with van der Waals surface area (Å²) in [4.78, 5) is 24.1. The Morgan fingerprint density at radius 3 is 2.43 bits per heavy atom. The van der Waals surface area contributed by atoms with Crippen molar-refractivity contribution in [3.05, 3.63) is 40.9 Å². The molecule has 0 N–H and O–H groups in total. The predicted molar refractivity (Wildman–Crippen MR) is 114 cm³/mol. The number of carbonyl (C=O) groups excluding carboxylic acids is 1. The summed E-state index contributed by atoms with van der Waals surface area (Å²) in [5.41, 5.74) is 3.39. The highest BCUT2D eigenvalue weighted by Crippen LogP contribution is 2.25. The second kappa shape index (κ2) is 9.16. The monoisotopic (exact) mass is 398 g/mol. The Morgan fingerprint density at radius 1 is 1.00 bits per heavy atom. The van der Waals surface area contributed by atoms with Crippen LogP contribution in [0.4, 0.5) is 0 Å². The first kappa shape index (κ1) is 19.6. The number of likely N-dealkylation sites (N-methyl/N-ethyl adjacent to an activating group) is 1. The van der Waals surface area contributed by atoms with Gasteiger partial charge in [-0.2, -0.15) is 0 Å². The molecule has 2 aliphatic heterocycles. The van der Waals surface area contributed by atoms with Crippen molar-refractivity contribution >= 4 is 17.2 Å². The van der Waals surface area contributed by atoms with Crippen molar-refractivity contribution in [2.24, 2.45) is 0 Å². The van der Waals surface area contributed by atoms with Crippen molar-refractivity contribution in [1.82, 2.24) is 19.7 Å². The molecule has 2 aromatic rings. The number of amides is 1. The molecule has 0 spiro atoms. The standard InChI is InChI=1S/C22H30N4OS/c1-24-11-13-25(14-12-24)16-18-5-7-19(8-6-18)22-23-20(17-28-22)15-21(27)26-9-3-2-4-10-26/h5-8,17H,2-4,9-16H2,1H3. The van der Waals surface area contributed by atoms with E-state index in [2.05, 4.69) is 41.1 Å². The molecular formula is C22H30N4OS. The lowest BCUT2D eigenvalue weighted by molar-refractivity contribution is -0.131. The molecule has 4 rings (SSSR count). The molecule has 1 amide bonds.